The lowest BCUT2D eigenvalue weighted by atomic mass is 10.1. The SMILES string of the molecule is CCOc1ccc(OCc2cccc(C(=O)N3NC(=C(F)F)CC3(O)C(F)F)c2)cc1. The van der Waals surface area contributed by atoms with Crippen molar-refractivity contribution in [1.29, 1.82) is 0 Å². The van der Waals surface area contributed by atoms with Gasteiger partial charge in [0.1, 0.15) is 23.8 Å². The summed E-state index contributed by atoms with van der Waals surface area (Å²) in [6.45, 7) is 2.46. The number of hydrogen-bond donors (Lipinski definition) is 2. The van der Waals surface area contributed by atoms with Crippen LogP contribution in [-0.2, 0) is 6.61 Å². The Morgan fingerprint density at radius 3 is 2.39 bits per heavy atom. The first kappa shape index (κ1) is 22.4. The third-order valence-corrected chi connectivity index (χ3v) is 4.57. The fourth-order valence-corrected chi connectivity index (χ4v) is 3.01. The van der Waals surface area contributed by atoms with Crippen LogP contribution in [0.25, 0.3) is 0 Å². The lowest BCUT2D eigenvalue weighted by Crippen LogP contribution is -2.55. The first-order valence-electron chi connectivity index (χ1n) is 9.35. The van der Waals surface area contributed by atoms with Gasteiger partial charge in [0.25, 0.3) is 18.4 Å². The van der Waals surface area contributed by atoms with Gasteiger partial charge in [-0.2, -0.15) is 8.78 Å². The van der Waals surface area contributed by atoms with E-state index in [0.717, 1.165) is 0 Å². The summed E-state index contributed by atoms with van der Waals surface area (Å²) in [6.07, 6.45) is -6.86. The summed E-state index contributed by atoms with van der Waals surface area (Å²) in [5, 5.41) is 10.3. The van der Waals surface area contributed by atoms with Gasteiger partial charge in [0.2, 0.25) is 5.72 Å². The van der Waals surface area contributed by atoms with Crippen LogP contribution < -0.4 is 14.9 Å². The Hall–Kier alpha value is -3.27. The Kier molecular flexibility index (Phi) is 6.69. The normalized spacial score (nSPS) is 18.2. The third-order valence-electron chi connectivity index (χ3n) is 4.57. The number of nitrogens with one attached hydrogen (secondary N) is 1. The molecule has 0 bridgehead atoms. The van der Waals surface area contributed by atoms with Crippen LogP contribution in [0.4, 0.5) is 17.6 Å². The van der Waals surface area contributed by atoms with Gasteiger partial charge in [-0.1, -0.05) is 12.1 Å². The van der Waals surface area contributed by atoms with E-state index in [1.54, 1.807) is 30.3 Å². The lowest BCUT2D eigenvalue weighted by molar-refractivity contribution is -0.168. The molecule has 1 aliphatic heterocycles. The van der Waals surface area contributed by atoms with E-state index in [4.69, 9.17) is 9.47 Å². The van der Waals surface area contributed by atoms with E-state index < -0.39 is 36.3 Å². The van der Waals surface area contributed by atoms with Crippen LogP contribution >= 0.6 is 0 Å². The predicted octanol–water partition coefficient (Wildman–Crippen LogP) is 4.08. The van der Waals surface area contributed by atoms with Crippen LogP contribution in [0.3, 0.4) is 0 Å². The van der Waals surface area contributed by atoms with E-state index in [2.05, 4.69) is 0 Å². The fourth-order valence-electron chi connectivity index (χ4n) is 3.01. The maximum atomic E-state index is 13.4. The quantitative estimate of drug-likeness (QED) is 0.635. The monoisotopic (exact) mass is 440 g/mol. The lowest BCUT2D eigenvalue weighted by Gasteiger charge is -2.31. The standard InChI is InChI=1S/C21H20F4N2O4/c1-2-30-15-6-8-16(9-7-15)31-12-13-4-3-5-14(10-13)19(28)27-21(29,20(24)25)11-17(26-27)18(22)23/h3-10,20,26,29H,2,11-12H2,1H3. The number of benzene rings is 2. The minimum atomic E-state index is -3.47. The molecule has 2 aromatic carbocycles. The molecule has 2 aromatic rings. The molecule has 0 spiro atoms. The van der Waals surface area contributed by atoms with Gasteiger partial charge < -0.3 is 14.6 Å². The van der Waals surface area contributed by atoms with Crippen molar-refractivity contribution in [3.8, 4) is 11.5 Å². The number of carbonyl (C=O) groups excluding carboxylic acids is 1. The highest BCUT2D eigenvalue weighted by atomic mass is 19.3. The second-order valence-corrected chi connectivity index (χ2v) is 6.74. The number of halogens is 4. The average Bonchev–Trinajstić information content (AvgIpc) is 3.12. The highest BCUT2D eigenvalue weighted by molar-refractivity contribution is 5.95. The Bertz CT molecular complexity index is 964. The van der Waals surface area contributed by atoms with Crippen LogP contribution in [0, 0.1) is 0 Å². The van der Waals surface area contributed by atoms with Gasteiger partial charge in [0, 0.05) is 5.56 Å². The van der Waals surface area contributed by atoms with Crippen molar-refractivity contribution in [2.75, 3.05) is 6.61 Å². The molecular weight excluding hydrogens is 420 g/mol. The highest BCUT2D eigenvalue weighted by Crippen LogP contribution is 2.35. The fraction of sp³-hybridized carbons (Fsp3) is 0.286. The van der Waals surface area contributed by atoms with Crippen LogP contribution in [0.15, 0.2) is 60.3 Å². The van der Waals surface area contributed by atoms with Gasteiger partial charge >= 0.3 is 0 Å². The molecule has 0 aliphatic carbocycles. The molecule has 1 unspecified atom stereocenters. The van der Waals surface area contributed by atoms with E-state index >= 15 is 0 Å². The van der Waals surface area contributed by atoms with E-state index in [9.17, 15) is 27.5 Å². The summed E-state index contributed by atoms with van der Waals surface area (Å²) >= 11 is 0. The zero-order valence-corrected chi connectivity index (χ0v) is 16.4. The molecule has 6 nitrogen and oxygen atoms in total. The predicted molar refractivity (Wildman–Crippen MR) is 103 cm³/mol. The molecule has 1 fully saturated rings. The summed E-state index contributed by atoms with van der Waals surface area (Å²) in [4.78, 5) is 12.7. The maximum Gasteiger partial charge on any atom is 0.291 e. The zero-order chi connectivity index (χ0) is 22.6. The average molecular weight is 440 g/mol. The van der Waals surface area contributed by atoms with Crippen LogP contribution in [-0.4, -0.2) is 34.8 Å². The molecular formula is C21H20F4N2O4. The van der Waals surface area contributed by atoms with Gasteiger partial charge in [-0.3, -0.25) is 10.2 Å². The molecule has 1 aliphatic rings. The van der Waals surface area contributed by atoms with Crippen molar-refractivity contribution in [1.82, 2.24) is 10.4 Å². The summed E-state index contributed by atoms with van der Waals surface area (Å²) < 4.78 is 63.5. The summed E-state index contributed by atoms with van der Waals surface area (Å²) in [5.41, 5.74) is -1.69. The van der Waals surface area contributed by atoms with Crippen LogP contribution in [0.2, 0.25) is 0 Å². The van der Waals surface area contributed by atoms with Crippen molar-refractivity contribution >= 4 is 5.91 Å². The Morgan fingerprint density at radius 1 is 1.16 bits per heavy atom. The molecule has 10 heteroatoms. The summed E-state index contributed by atoms with van der Waals surface area (Å²) in [6, 6.07) is 12.7. The molecule has 1 heterocycles. The number of carbonyl (C=O) groups is 1. The van der Waals surface area contributed by atoms with Gasteiger partial charge in [-0.15, -0.1) is 0 Å². The van der Waals surface area contributed by atoms with Gasteiger partial charge in [0.05, 0.1) is 13.0 Å². The topological polar surface area (TPSA) is 71.0 Å². The largest absolute Gasteiger partial charge is 0.494 e. The highest BCUT2D eigenvalue weighted by Gasteiger charge is 2.53. The first-order chi connectivity index (χ1) is 14.7. The van der Waals surface area contributed by atoms with Crippen molar-refractivity contribution in [2.24, 2.45) is 0 Å². The van der Waals surface area contributed by atoms with E-state index in [1.807, 2.05) is 12.3 Å². The number of amides is 1. The third kappa shape index (κ3) is 4.91. The van der Waals surface area contributed by atoms with Crippen LogP contribution in [0.5, 0.6) is 11.5 Å². The van der Waals surface area contributed by atoms with Crippen molar-refractivity contribution in [3.63, 3.8) is 0 Å². The molecule has 1 amide bonds. The smallest absolute Gasteiger partial charge is 0.291 e. The van der Waals surface area contributed by atoms with Gasteiger partial charge in [-0.25, -0.2) is 13.8 Å². The van der Waals surface area contributed by atoms with Gasteiger partial charge in [-0.05, 0) is 48.9 Å². The summed E-state index contributed by atoms with van der Waals surface area (Å²) in [7, 11) is 0. The number of hydrogen-bond acceptors (Lipinski definition) is 5. The molecule has 1 atom stereocenters. The Balaban J connectivity index is 1.74. The van der Waals surface area contributed by atoms with Crippen molar-refractivity contribution < 1.29 is 36.9 Å². The van der Waals surface area contributed by atoms with Crippen molar-refractivity contribution in [2.45, 2.75) is 32.1 Å². The minimum Gasteiger partial charge on any atom is -0.494 e. The Morgan fingerprint density at radius 2 is 1.81 bits per heavy atom. The van der Waals surface area contributed by atoms with Crippen molar-refractivity contribution in [3.05, 3.63) is 71.4 Å². The molecule has 1 saturated heterocycles. The molecule has 0 radical (unpaired) electrons. The molecule has 0 aromatic heterocycles. The number of alkyl halides is 2. The van der Waals surface area contributed by atoms with E-state index in [1.165, 1.54) is 18.2 Å². The van der Waals surface area contributed by atoms with Crippen LogP contribution in [0.1, 0.15) is 29.3 Å². The molecule has 166 valence electrons. The minimum absolute atomic E-state index is 0.0614. The molecule has 3 rings (SSSR count). The number of hydrazine groups is 1. The molecule has 0 saturated carbocycles. The maximum absolute atomic E-state index is 13.4. The second kappa shape index (κ2) is 9.25. The second-order valence-electron chi connectivity index (χ2n) is 6.74. The Labute approximate surface area is 175 Å². The summed E-state index contributed by atoms with van der Waals surface area (Å²) in [5.74, 6) is 0.147. The first-order valence-corrected chi connectivity index (χ1v) is 9.35. The number of aliphatic hydroxyl groups is 1. The number of nitrogens with zero attached hydrogens (tertiary/aromatic N) is 1. The number of ether oxygens (including phenoxy) is 2. The van der Waals surface area contributed by atoms with Gasteiger partial charge in [0.15, 0.2) is 0 Å². The van der Waals surface area contributed by atoms with E-state index in [-0.39, 0.29) is 17.2 Å². The molecule has 2 N–H and O–H groups in total. The zero-order valence-electron chi connectivity index (χ0n) is 16.4. The van der Waals surface area contributed by atoms with E-state index in [0.29, 0.717) is 23.7 Å². The number of rotatable bonds is 7. The molecule has 31 heavy (non-hydrogen) atoms.